The van der Waals surface area contributed by atoms with Gasteiger partial charge in [0.05, 0.1) is 6.10 Å². The molecule has 1 aromatic heterocycles. The maximum absolute atomic E-state index is 5.64. The molecule has 0 aliphatic carbocycles. The fourth-order valence-corrected chi connectivity index (χ4v) is 2.46. The molecule has 1 aliphatic heterocycles. The van der Waals surface area contributed by atoms with Crippen LogP contribution in [0.5, 0.6) is 5.88 Å². The van der Waals surface area contributed by atoms with Crippen molar-refractivity contribution in [2.24, 2.45) is 0 Å². The van der Waals surface area contributed by atoms with Crippen molar-refractivity contribution in [1.29, 1.82) is 0 Å². The molecule has 4 heteroatoms. The fraction of sp³-hybridized carbons (Fsp3) is 0.375. The van der Waals surface area contributed by atoms with E-state index in [9.17, 15) is 0 Å². The van der Waals surface area contributed by atoms with E-state index in [1.807, 2.05) is 13.8 Å². The second-order valence-corrected chi connectivity index (χ2v) is 5.30. The molecule has 0 bridgehead atoms. The van der Waals surface area contributed by atoms with Crippen LogP contribution in [0.3, 0.4) is 0 Å². The van der Waals surface area contributed by atoms with Gasteiger partial charge in [0, 0.05) is 25.4 Å². The lowest BCUT2D eigenvalue weighted by atomic mass is 10.0. The lowest BCUT2D eigenvalue weighted by Crippen LogP contribution is -2.31. The van der Waals surface area contributed by atoms with E-state index >= 15 is 0 Å². The van der Waals surface area contributed by atoms with Gasteiger partial charge in [-0.25, -0.2) is 4.98 Å². The first-order valence-corrected chi connectivity index (χ1v) is 7.04. The molecule has 0 N–H and O–H groups in total. The van der Waals surface area contributed by atoms with Gasteiger partial charge in [-0.05, 0) is 31.4 Å². The van der Waals surface area contributed by atoms with Crippen LogP contribution in [0.4, 0.5) is 5.95 Å². The van der Waals surface area contributed by atoms with Crippen molar-refractivity contribution in [3.05, 3.63) is 47.7 Å². The summed E-state index contributed by atoms with van der Waals surface area (Å²) in [5, 5.41) is 0. The van der Waals surface area contributed by atoms with Crippen LogP contribution < -0.4 is 9.64 Å². The molecule has 1 aliphatic rings. The van der Waals surface area contributed by atoms with Crippen LogP contribution in [0, 0.1) is 0 Å². The predicted octanol–water partition coefficient (Wildman–Crippen LogP) is 2.83. The Kier molecular flexibility index (Phi) is 3.54. The first-order valence-electron chi connectivity index (χ1n) is 7.04. The second-order valence-electron chi connectivity index (χ2n) is 5.30. The minimum atomic E-state index is 0.125. The van der Waals surface area contributed by atoms with Crippen molar-refractivity contribution in [2.75, 3.05) is 11.4 Å². The molecule has 3 rings (SSSR count). The van der Waals surface area contributed by atoms with Crippen molar-refractivity contribution >= 4 is 5.95 Å². The molecule has 4 nitrogen and oxygen atoms in total. The topological polar surface area (TPSA) is 38.2 Å². The van der Waals surface area contributed by atoms with E-state index in [0.29, 0.717) is 5.88 Å². The Hall–Kier alpha value is -2.10. The summed E-state index contributed by atoms with van der Waals surface area (Å²) in [7, 11) is 0. The van der Waals surface area contributed by atoms with E-state index in [-0.39, 0.29) is 6.10 Å². The van der Waals surface area contributed by atoms with Gasteiger partial charge in [0.2, 0.25) is 11.8 Å². The first kappa shape index (κ1) is 12.9. The third-order valence-corrected chi connectivity index (χ3v) is 3.39. The summed E-state index contributed by atoms with van der Waals surface area (Å²) < 4.78 is 5.64. The average molecular weight is 269 g/mol. The van der Waals surface area contributed by atoms with E-state index < -0.39 is 0 Å². The van der Waals surface area contributed by atoms with Crippen LogP contribution in [-0.2, 0) is 13.0 Å². The monoisotopic (exact) mass is 269 g/mol. The summed E-state index contributed by atoms with van der Waals surface area (Å²) >= 11 is 0. The number of ether oxygens (including phenoxy) is 1. The number of rotatable bonds is 3. The van der Waals surface area contributed by atoms with Gasteiger partial charge in [0.15, 0.2) is 0 Å². The van der Waals surface area contributed by atoms with Gasteiger partial charge in [-0.3, -0.25) is 0 Å². The first-order chi connectivity index (χ1) is 9.72. The minimum Gasteiger partial charge on any atom is -0.475 e. The van der Waals surface area contributed by atoms with E-state index in [4.69, 9.17) is 4.74 Å². The average Bonchev–Trinajstić information content (AvgIpc) is 2.46. The predicted molar refractivity (Wildman–Crippen MR) is 79.0 cm³/mol. The lowest BCUT2D eigenvalue weighted by molar-refractivity contribution is 0.232. The summed E-state index contributed by atoms with van der Waals surface area (Å²) in [5.41, 5.74) is 2.79. The number of fused-ring (bicyclic) bond motifs is 1. The van der Waals surface area contributed by atoms with Crippen LogP contribution in [0.25, 0.3) is 0 Å². The fourth-order valence-electron chi connectivity index (χ4n) is 2.46. The highest BCUT2D eigenvalue weighted by Crippen LogP contribution is 2.22. The van der Waals surface area contributed by atoms with Gasteiger partial charge in [-0.1, -0.05) is 24.3 Å². The highest BCUT2D eigenvalue weighted by molar-refractivity contribution is 5.40. The summed E-state index contributed by atoms with van der Waals surface area (Å²) in [4.78, 5) is 11.1. The largest absolute Gasteiger partial charge is 0.475 e. The number of hydrogen-bond acceptors (Lipinski definition) is 4. The zero-order valence-corrected chi connectivity index (χ0v) is 11.9. The molecule has 2 heterocycles. The van der Waals surface area contributed by atoms with Gasteiger partial charge >= 0.3 is 0 Å². The highest BCUT2D eigenvalue weighted by atomic mass is 16.5. The smallest absolute Gasteiger partial charge is 0.228 e. The molecule has 0 fully saturated rings. The van der Waals surface area contributed by atoms with Crippen molar-refractivity contribution in [3.63, 3.8) is 0 Å². The number of aromatic nitrogens is 2. The Morgan fingerprint density at radius 3 is 2.75 bits per heavy atom. The van der Waals surface area contributed by atoms with Crippen molar-refractivity contribution in [2.45, 2.75) is 32.9 Å². The molecular formula is C16H19N3O. The SMILES string of the molecule is CC(C)Oc1ccnc(N2CCc3ccccc3C2)n1. The van der Waals surface area contributed by atoms with Gasteiger partial charge in [-0.2, -0.15) is 4.98 Å². The maximum Gasteiger partial charge on any atom is 0.228 e. The standard InChI is InChI=1S/C16H19N3O/c1-12(2)20-15-7-9-17-16(18-15)19-10-8-13-5-3-4-6-14(13)11-19/h3-7,9,12H,8,10-11H2,1-2H3. The summed E-state index contributed by atoms with van der Waals surface area (Å²) in [6.07, 6.45) is 2.93. The van der Waals surface area contributed by atoms with Gasteiger partial charge in [0.25, 0.3) is 0 Å². The maximum atomic E-state index is 5.64. The van der Waals surface area contributed by atoms with Gasteiger partial charge < -0.3 is 9.64 Å². The second kappa shape index (κ2) is 5.49. The van der Waals surface area contributed by atoms with E-state index in [1.54, 1.807) is 12.3 Å². The third kappa shape index (κ3) is 2.74. The molecule has 0 atom stereocenters. The van der Waals surface area contributed by atoms with E-state index in [1.165, 1.54) is 11.1 Å². The Bertz CT molecular complexity index is 598. The zero-order valence-electron chi connectivity index (χ0n) is 11.9. The number of hydrogen-bond donors (Lipinski definition) is 0. The molecule has 1 aromatic carbocycles. The highest BCUT2D eigenvalue weighted by Gasteiger charge is 2.18. The summed E-state index contributed by atoms with van der Waals surface area (Å²) in [5.74, 6) is 1.39. The Morgan fingerprint density at radius 2 is 1.95 bits per heavy atom. The Labute approximate surface area is 119 Å². The van der Waals surface area contributed by atoms with Crippen molar-refractivity contribution in [1.82, 2.24) is 9.97 Å². The Morgan fingerprint density at radius 1 is 1.15 bits per heavy atom. The molecule has 0 amide bonds. The number of benzene rings is 1. The molecule has 0 saturated carbocycles. The molecule has 0 radical (unpaired) electrons. The molecule has 0 spiro atoms. The quantitative estimate of drug-likeness (QED) is 0.859. The lowest BCUT2D eigenvalue weighted by Gasteiger charge is -2.28. The summed E-state index contributed by atoms with van der Waals surface area (Å²) in [6.45, 7) is 5.81. The van der Waals surface area contributed by atoms with E-state index in [2.05, 4.69) is 39.1 Å². The number of nitrogens with zero attached hydrogens (tertiary/aromatic N) is 3. The molecule has 20 heavy (non-hydrogen) atoms. The van der Waals surface area contributed by atoms with Crippen LogP contribution >= 0.6 is 0 Å². The van der Waals surface area contributed by atoms with Crippen molar-refractivity contribution < 1.29 is 4.74 Å². The molecule has 2 aromatic rings. The molecule has 0 saturated heterocycles. The number of anilines is 1. The van der Waals surface area contributed by atoms with Crippen LogP contribution in [0.15, 0.2) is 36.5 Å². The molecular weight excluding hydrogens is 250 g/mol. The molecule has 104 valence electrons. The Balaban J connectivity index is 1.81. The molecule has 0 unspecified atom stereocenters. The summed E-state index contributed by atoms with van der Waals surface area (Å²) in [6, 6.07) is 10.4. The van der Waals surface area contributed by atoms with Gasteiger partial charge in [0.1, 0.15) is 0 Å². The van der Waals surface area contributed by atoms with Crippen LogP contribution in [-0.4, -0.2) is 22.6 Å². The van der Waals surface area contributed by atoms with E-state index in [0.717, 1.165) is 25.5 Å². The van der Waals surface area contributed by atoms with Crippen LogP contribution in [0.1, 0.15) is 25.0 Å². The third-order valence-electron chi connectivity index (χ3n) is 3.39. The minimum absolute atomic E-state index is 0.125. The zero-order chi connectivity index (χ0) is 13.9. The normalized spacial score (nSPS) is 14.2. The van der Waals surface area contributed by atoms with Gasteiger partial charge in [-0.15, -0.1) is 0 Å². The van der Waals surface area contributed by atoms with Crippen LogP contribution in [0.2, 0.25) is 0 Å². The van der Waals surface area contributed by atoms with Crippen molar-refractivity contribution in [3.8, 4) is 5.88 Å².